The second-order valence-corrected chi connectivity index (χ2v) is 5.29. The fourth-order valence-corrected chi connectivity index (χ4v) is 2.48. The predicted molar refractivity (Wildman–Crippen MR) is 72.5 cm³/mol. The van der Waals surface area contributed by atoms with Gasteiger partial charge in [0.05, 0.1) is 16.6 Å². The highest BCUT2D eigenvalue weighted by Crippen LogP contribution is 2.28. The molecular weight excluding hydrogens is 244 g/mol. The van der Waals surface area contributed by atoms with Gasteiger partial charge in [0.1, 0.15) is 5.82 Å². The van der Waals surface area contributed by atoms with Crippen LogP contribution in [0.5, 0.6) is 0 Å². The third-order valence-electron chi connectivity index (χ3n) is 3.40. The molecule has 0 saturated carbocycles. The van der Waals surface area contributed by atoms with Crippen molar-refractivity contribution in [1.82, 2.24) is 9.55 Å². The van der Waals surface area contributed by atoms with Crippen LogP contribution < -0.4 is 0 Å². The first kappa shape index (κ1) is 13.5. The average Bonchev–Trinajstić information content (AvgIpc) is 2.63. The van der Waals surface area contributed by atoms with Gasteiger partial charge in [0.25, 0.3) is 0 Å². The number of carbonyl (C=O) groups is 1. The molecule has 102 valence electrons. The van der Waals surface area contributed by atoms with Crippen LogP contribution >= 0.6 is 0 Å². The van der Waals surface area contributed by atoms with Crippen LogP contribution in [-0.4, -0.2) is 32.3 Å². The lowest BCUT2D eigenvalue weighted by molar-refractivity contribution is 0.0697. The lowest BCUT2D eigenvalue weighted by atomic mass is 10.00. The van der Waals surface area contributed by atoms with E-state index in [0.29, 0.717) is 6.42 Å². The van der Waals surface area contributed by atoms with Crippen LogP contribution in [0.2, 0.25) is 0 Å². The standard InChI is InChI=1S/C14H18N2O3/c1-9-15-11-5-4-10(13(18)19)8-12(11)16(9)14(2,3)6-7-17/h4-5,8,17H,6-7H2,1-3H3,(H,18,19). The Kier molecular flexibility index (Phi) is 3.32. The minimum Gasteiger partial charge on any atom is -0.478 e. The lowest BCUT2D eigenvalue weighted by Crippen LogP contribution is -2.28. The summed E-state index contributed by atoms with van der Waals surface area (Å²) in [5.41, 5.74) is 1.49. The second-order valence-electron chi connectivity index (χ2n) is 5.29. The monoisotopic (exact) mass is 262 g/mol. The van der Waals surface area contributed by atoms with Gasteiger partial charge in [-0.05, 0) is 45.4 Å². The number of aryl methyl sites for hydroxylation is 1. The lowest BCUT2D eigenvalue weighted by Gasteiger charge is -2.28. The molecule has 5 heteroatoms. The molecule has 1 aromatic heterocycles. The zero-order valence-electron chi connectivity index (χ0n) is 11.3. The Morgan fingerprint density at radius 3 is 2.68 bits per heavy atom. The number of imidazole rings is 1. The molecule has 0 unspecified atom stereocenters. The Bertz CT molecular complexity index is 629. The number of benzene rings is 1. The fourth-order valence-electron chi connectivity index (χ4n) is 2.48. The van der Waals surface area contributed by atoms with Crippen LogP contribution in [-0.2, 0) is 5.54 Å². The molecule has 19 heavy (non-hydrogen) atoms. The second kappa shape index (κ2) is 4.66. The molecule has 2 N–H and O–H groups in total. The zero-order chi connectivity index (χ0) is 14.2. The first-order chi connectivity index (χ1) is 8.86. The van der Waals surface area contributed by atoms with Gasteiger partial charge in [-0.15, -0.1) is 0 Å². The van der Waals surface area contributed by atoms with Gasteiger partial charge in [0.15, 0.2) is 0 Å². The van der Waals surface area contributed by atoms with E-state index in [9.17, 15) is 9.90 Å². The highest BCUT2D eigenvalue weighted by molar-refractivity contribution is 5.92. The number of hydrogen-bond acceptors (Lipinski definition) is 3. The Balaban J connectivity index is 2.68. The van der Waals surface area contributed by atoms with E-state index in [2.05, 4.69) is 4.98 Å². The highest BCUT2D eigenvalue weighted by atomic mass is 16.4. The van der Waals surface area contributed by atoms with E-state index in [4.69, 9.17) is 5.11 Å². The van der Waals surface area contributed by atoms with Crippen LogP contribution in [0.1, 0.15) is 36.5 Å². The number of aliphatic hydroxyl groups excluding tert-OH is 1. The van der Waals surface area contributed by atoms with Crippen molar-refractivity contribution in [3.8, 4) is 0 Å². The summed E-state index contributed by atoms with van der Waals surface area (Å²) in [6.45, 7) is 5.97. The molecule has 0 bridgehead atoms. The van der Waals surface area contributed by atoms with E-state index in [-0.39, 0.29) is 17.7 Å². The molecule has 0 atom stereocenters. The van der Waals surface area contributed by atoms with Crippen molar-refractivity contribution in [1.29, 1.82) is 0 Å². The summed E-state index contributed by atoms with van der Waals surface area (Å²) in [4.78, 5) is 15.5. The molecule has 1 aromatic carbocycles. The van der Waals surface area contributed by atoms with Gasteiger partial charge in [-0.25, -0.2) is 9.78 Å². The Morgan fingerprint density at radius 1 is 1.42 bits per heavy atom. The van der Waals surface area contributed by atoms with Gasteiger partial charge in [0.2, 0.25) is 0 Å². The first-order valence-corrected chi connectivity index (χ1v) is 6.20. The minimum atomic E-state index is -0.952. The van der Waals surface area contributed by atoms with Gasteiger partial charge in [0, 0.05) is 12.1 Å². The van der Waals surface area contributed by atoms with Gasteiger partial charge >= 0.3 is 5.97 Å². The molecular formula is C14H18N2O3. The molecule has 0 aliphatic rings. The van der Waals surface area contributed by atoms with Crippen molar-refractivity contribution in [3.05, 3.63) is 29.6 Å². The van der Waals surface area contributed by atoms with Crippen LogP contribution in [0.3, 0.4) is 0 Å². The van der Waals surface area contributed by atoms with Crippen molar-refractivity contribution in [2.24, 2.45) is 0 Å². The van der Waals surface area contributed by atoms with Crippen molar-refractivity contribution in [3.63, 3.8) is 0 Å². The average molecular weight is 262 g/mol. The number of carboxylic acid groups (broad SMARTS) is 1. The highest BCUT2D eigenvalue weighted by Gasteiger charge is 2.24. The number of hydrogen-bond donors (Lipinski definition) is 2. The SMILES string of the molecule is Cc1nc2ccc(C(=O)O)cc2n1C(C)(C)CCO. The maximum Gasteiger partial charge on any atom is 0.335 e. The van der Waals surface area contributed by atoms with E-state index in [1.165, 1.54) is 0 Å². The van der Waals surface area contributed by atoms with Crippen molar-refractivity contribution in [2.45, 2.75) is 32.7 Å². The molecule has 0 amide bonds. The Labute approximate surface area is 111 Å². The summed E-state index contributed by atoms with van der Waals surface area (Å²) in [5, 5.41) is 18.3. The largest absolute Gasteiger partial charge is 0.478 e. The summed E-state index contributed by atoms with van der Waals surface area (Å²) >= 11 is 0. The van der Waals surface area contributed by atoms with Gasteiger partial charge in [-0.2, -0.15) is 0 Å². The van der Waals surface area contributed by atoms with Crippen molar-refractivity contribution < 1.29 is 15.0 Å². The molecule has 0 saturated heterocycles. The van der Waals surface area contributed by atoms with Crippen LogP contribution in [0.15, 0.2) is 18.2 Å². The molecule has 2 aromatic rings. The summed E-state index contributed by atoms with van der Waals surface area (Å²) in [6.07, 6.45) is 0.580. The minimum absolute atomic E-state index is 0.0741. The third kappa shape index (κ3) is 2.33. The van der Waals surface area contributed by atoms with Crippen LogP contribution in [0, 0.1) is 6.92 Å². The molecule has 0 aliphatic heterocycles. The van der Waals surface area contributed by atoms with Gasteiger partial charge in [-0.3, -0.25) is 0 Å². The number of aromatic nitrogens is 2. The number of aromatic carboxylic acids is 1. The van der Waals surface area contributed by atoms with E-state index in [1.54, 1.807) is 18.2 Å². The third-order valence-corrected chi connectivity index (χ3v) is 3.40. The Morgan fingerprint density at radius 2 is 2.11 bits per heavy atom. The van der Waals surface area contributed by atoms with E-state index in [0.717, 1.165) is 16.9 Å². The van der Waals surface area contributed by atoms with E-state index in [1.807, 2.05) is 25.3 Å². The number of rotatable bonds is 4. The zero-order valence-corrected chi connectivity index (χ0v) is 11.3. The normalized spacial score (nSPS) is 12.0. The summed E-state index contributed by atoms with van der Waals surface area (Å²) < 4.78 is 1.99. The molecule has 0 spiro atoms. The van der Waals surface area contributed by atoms with Crippen molar-refractivity contribution >= 4 is 17.0 Å². The molecule has 0 aliphatic carbocycles. The molecule has 5 nitrogen and oxygen atoms in total. The number of nitrogens with zero attached hydrogens (tertiary/aromatic N) is 2. The van der Waals surface area contributed by atoms with Crippen LogP contribution in [0.25, 0.3) is 11.0 Å². The molecule has 0 radical (unpaired) electrons. The first-order valence-electron chi connectivity index (χ1n) is 6.20. The molecule has 2 rings (SSSR count). The summed E-state index contributed by atoms with van der Waals surface area (Å²) in [5.74, 6) is -0.136. The number of carboxylic acids is 1. The van der Waals surface area contributed by atoms with Gasteiger partial charge in [-0.1, -0.05) is 0 Å². The summed E-state index contributed by atoms with van der Waals surface area (Å²) in [7, 11) is 0. The van der Waals surface area contributed by atoms with E-state index < -0.39 is 5.97 Å². The summed E-state index contributed by atoms with van der Waals surface area (Å²) in [6, 6.07) is 4.91. The van der Waals surface area contributed by atoms with Gasteiger partial charge < -0.3 is 14.8 Å². The fraction of sp³-hybridized carbons (Fsp3) is 0.429. The predicted octanol–water partition coefficient (Wildman–Crippen LogP) is 2.16. The number of aliphatic hydroxyl groups is 1. The maximum atomic E-state index is 11.1. The Hall–Kier alpha value is -1.88. The maximum absolute atomic E-state index is 11.1. The molecule has 1 heterocycles. The quantitative estimate of drug-likeness (QED) is 0.885. The molecule has 0 fully saturated rings. The van der Waals surface area contributed by atoms with Crippen LogP contribution in [0.4, 0.5) is 0 Å². The topological polar surface area (TPSA) is 75.3 Å². The smallest absolute Gasteiger partial charge is 0.335 e. The van der Waals surface area contributed by atoms with Crippen molar-refractivity contribution in [2.75, 3.05) is 6.61 Å². The van der Waals surface area contributed by atoms with E-state index >= 15 is 0 Å². The number of fused-ring (bicyclic) bond motifs is 1.